The molecule has 1 N–H and O–H groups in total. The van der Waals surface area contributed by atoms with Gasteiger partial charge in [-0.05, 0) is 31.5 Å². The highest BCUT2D eigenvalue weighted by atomic mass is 32.2. The molecule has 0 amide bonds. The Hall–Kier alpha value is -1.96. The fourth-order valence-corrected chi connectivity index (χ4v) is 4.35. The SMILES string of the molecule is Cc1ccc(CNS(=O)(=O)c2ccc(-c3cc(C)no3)s2)cc1. The number of sulfonamides is 1. The lowest BCUT2D eigenvalue weighted by molar-refractivity contribution is 0.428. The average Bonchev–Trinajstić information content (AvgIpc) is 3.16. The summed E-state index contributed by atoms with van der Waals surface area (Å²) in [5.41, 5.74) is 2.82. The van der Waals surface area contributed by atoms with Crippen molar-refractivity contribution in [3.63, 3.8) is 0 Å². The number of aryl methyl sites for hydroxylation is 2. The molecule has 0 bridgehead atoms. The fourth-order valence-electron chi connectivity index (χ4n) is 2.03. The first-order valence-corrected chi connectivity index (χ1v) is 9.33. The molecular formula is C16H16N2O3S2. The van der Waals surface area contributed by atoms with Gasteiger partial charge in [0.2, 0.25) is 10.0 Å². The number of benzene rings is 1. The molecule has 0 atom stereocenters. The summed E-state index contributed by atoms with van der Waals surface area (Å²) >= 11 is 1.16. The van der Waals surface area contributed by atoms with E-state index in [1.807, 2.05) is 38.1 Å². The molecule has 0 spiro atoms. The maximum Gasteiger partial charge on any atom is 0.250 e. The monoisotopic (exact) mass is 348 g/mol. The molecule has 2 aromatic heterocycles. The highest BCUT2D eigenvalue weighted by molar-refractivity contribution is 7.91. The van der Waals surface area contributed by atoms with E-state index in [0.717, 1.165) is 33.0 Å². The van der Waals surface area contributed by atoms with Crippen LogP contribution in [0.5, 0.6) is 0 Å². The van der Waals surface area contributed by atoms with Crippen molar-refractivity contribution in [2.24, 2.45) is 0 Å². The van der Waals surface area contributed by atoms with Gasteiger partial charge in [0.1, 0.15) is 4.21 Å². The van der Waals surface area contributed by atoms with Crippen molar-refractivity contribution in [3.05, 3.63) is 59.3 Å². The van der Waals surface area contributed by atoms with Crippen molar-refractivity contribution in [1.82, 2.24) is 9.88 Å². The summed E-state index contributed by atoms with van der Waals surface area (Å²) in [5.74, 6) is 0.576. The molecule has 2 heterocycles. The molecule has 0 saturated carbocycles. The van der Waals surface area contributed by atoms with Crippen LogP contribution < -0.4 is 4.72 Å². The highest BCUT2D eigenvalue weighted by Crippen LogP contribution is 2.31. The predicted molar refractivity (Wildman–Crippen MR) is 89.8 cm³/mol. The second-order valence-corrected chi connectivity index (χ2v) is 8.34. The van der Waals surface area contributed by atoms with Gasteiger partial charge in [-0.3, -0.25) is 0 Å². The van der Waals surface area contributed by atoms with Gasteiger partial charge in [0.05, 0.1) is 10.6 Å². The van der Waals surface area contributed by atoms with Crippen molar-refractivity contribution in [1.29, 1.82) is 0 Å². The first-order valence-electron chi connectivity index (χ1n) is 7.03. The van der Waals surface area contributed by atoms with E-state index < -0.39 is 10.0 Å². The van der Waals surface area contributed by atoms with Crippen LogP contribution in [0.2, 0.25) is 0 Å². The minimum atomic E-state index is -3.54. The van der Waals surface area contributed by atoms with Crippen LogP contribution in [0.25, 0.3) is 10.6 Å². The lowest BCUT2D eigenvalue weighted by Gasteiger charge is -2.05. The summed E-state index contributed by atoms with van der Waals surface area (Å²) in [5, 5.41) is 3.81. The zero-order chi connectivity index (χ0) is 16.4. The third-order valence-corrected chi connectivity index (χ3v) is 6.30. The Kier molecular flexibility index (Phi) is 4.34. The molecule has 0 unspecified atom stereocenters. The van der Waals surface area contributed by atoms with Crippen LogP contribution in [0, 0.1) is 13.8 Å². The average molecular weight is 348 g/mol. The molecule has 120 valence electrons. The first-order chi connectivity index (χ1) is 10.9. The van der Waals surface area contributed by atoms with Crippen LogP contribution in [-0.4, -0.2) is 13.6 Å². The van der Waals surface area contributed by atoms with E-state index in [1.54, 1.807) is 18.2 Å². The Morgan fingerprint density at radius 2 is 1.87 bits per heavy atom. The van der Waals surface area contributed by atoms with Crippen LogP contribution in [0.4, 0.5) is 0 Å². The Labute approximate surface area is 139 Å². The van der Waals surface area contributed by atoms with E-state index >= 15 is 0 Å². The van der Waals surface area contributed by atoms with Gasteiger partial charge in [0.15, 0.2) is 5.76 Å². The molecule has 3 rings (SSSR count). The first kappa shape index (κ1) is 15.9. The van der Waals surface area contributed by atoms with Crippen LogP contribution in [0.3, 0.4) is 0 Å². The second kappa shape index (κ2) is 6.27. The standard InChI is InChI=1S/C16H16N2O3S2/c1-11-3-5-13(6-4-11)10-17-23(19,20)16-8-7-15(22-16)14-9-12(2)18-21-14/h3-9,17H,10H2,1-2H3. The van der Waals surface area contributed by atoms with Crippen molar-refractivity contribution < 1.29 is 12.9 Å². The maximum atomic E-state index is 12.4. The number of nitrogens with zero attached hydrogens (tertiary/aromatic N) is 1. The lowest BCUT2D eigenvalue weighted by Crippen LogP contribution is -2.22. The van der Waals surface area contributed by atoms with E-state index in [0.29, 0.717) is 5.76 Å². The molecular weight excluding hydrogens is 332 g/mol. The van der Waals surface area contributed by atoms with E-state index in [-0.39, 0.29) is 10.8 Å². The van der Waals surface area contributed by atoms with Crippen molar-refractivity contribution >= 4 is 21.4 Å². The summed E-state index contributed by atoms with van der Waals surface area (Å²) in [7, 11) is -3.54. The van der Waals surface area contributed by atoms with E-state index in [1.165, 1.54) is 0 Å². The molecule has 23 heavy (non-hydrogen) atoms. The number of thiophene rings is 1. The van der Waals surface area contributed by atoms with E-state index in [9.17, 15) is 8.42 Å². The quantitative estimate of drug-likeness (QED) is 0.766. The van der Waals surface area contributed by atoms with Crippen LogP contribution in [0.1, 0.15) is 16.8 Å². The molecule has 0 aliphatic carbocycles. The van der Waals surface area contributed by atoms with Gasteiger partial charge in [0.25, 0.3) is 0 Å². The Balaban J connectivity index is 1.75. The zero-order valence-corrected chi connectivity index (χ0v) is 14.4. The van der Waals surface area contributed by atoms with Gasteiger partial charge < -0.3 is 4.52 Å². The molecule has 3 aromatic rings. The van der Waals surface area contributed by atoms with Crippen LogP contribution in [-0.2, 0) is 16.6 Å². The van der Waals surface area contributed by atoms with Gasteiger partial charge in [0, 0.05) is 12.6 Å². The minimum absolute atomic E-state index is 0.258. The third kappa shape index (κ3) is 3.69. The fraction of sp³-hybridized carbons (Fsp3) is 0.188. The van der Waals surface area contributed by atoms with Gasteiger partial charge in [-0.15, -0.1) is 11.3 Å². The van der Waals surface area contributed by atoms with Gasteiger partial charge >= 0.3 is 0 Å². The van der Waals surface area contributed by atoms with Crippen LogP contribution >= 0.6 is 11.3 Å². The van der Waals surface area contributed by atoms with Gasteiger partial charge in [-0.1, -0.05) is 35.0 Å². The van der Waals surface area contributed by atoms with E-state index in [2.05, 4.69) is 9.88 Å². The number of nitrogens with one attached hydrogen (secondary N) is 1. The highest BCUT2D eigenvalue weighted by Gasteiger charge is 2.18. The molecule has 0 radical (unpaired) electrons. The number of hydrogen-bond donors (Lipinski definition) is 1. The molecule has 0 saturated heterocycles. The lowest BCUT2D eigenvalue weighted by atomic mass is 10.2. The van der Waals surface area contributed by atoms with Gasteiger partial charge in [-0.2, -0.15) is 0 Å². The number of hydrogen-bond acceptors (Lipinski definition) is 5. The summed E-state index contributed by atoms with van der Waals surface area (Å²) < 4.78 is 32.8. The summed E-state index contributed by atoms with van der Waals surface area (Å²) in [6, 6.07) is 12.8. The smallest absolute Gasteiger partial charge is 0.250 e. The van der Waals surface area contributed by atoms with Crippen molar-refractivity contribution in [2.75, 3.05) is 0 Å². The number of rotatable bonds is 5. The topological polar surface area (TPSA) is 72.2 Å². The second-order valence-electron chi connectivity index (χ2n) is 5.26. The molecule has 7 heteroatoms. The van der Waals surface area contributed by atoms with Gasteiger partial charge in [-0.25, -0.2) is 13.1 Å². The largest absolute Gasteiger partial charge is 0.355 e. The van der Waals surface area contributed by atoms with Crippen molar-refractivity contribution in [2.45, 2.75) is 24.6 Å². The van der Waals surface area contributed by atoms with Crippen LogP contribution in [0.15, 0.2) is 51.2 Å². The molecule has 1 aromatic carbocycles. The minimum Gasteiger partial charge on any atom is -0.355 e. The summed E-state index contributed by atoms with van der Waals surface area (Å²) in [6.45, 7) is 4.07. The van der Waals surface area contributed by atoms with E-state index in [4.69, 9.17) is 4.52 Å². The summed E-state index contributed by atoms with van der Waals surface area (Å²) in [4.78, 5) is 0.737. The summed E-state index contributed by atoms with van der Waals surface area (Å²) in [6.07, 6.45) is 0. The predicted octanol–water partition coefficient (Wildman–Crippen LogP) is 3.50. The third-order valence-electron chi connectivity index (χ3n) is 3.30. The normalized spacial score (nSPS) is 11.7. The zero-order valence-electron chi connectivity index (χ0n) is 12.7. The molecule has 0 aliphatic heterocycles. The Morgan fingerprint density at radius 1 is 1.13 bits per heavy atom. The molecule has 5 nitrogen and oxygen atoms in total. The number of aromatic nitrogens is 1. The Morgan fingerprint density at radius 3 is 2.52 bits per heavy atom. The molecule has 0 fully saturated rings. The van der Waals surface area contributed by atoms with Crippen molar-refractivity contribution in [3.8, 4) is 10.6 Å². The Bertz CT molecular complexity index is 909. The molecule has 0 aliphatic rings. The maximum absolute atomic E-state index is 12.4.